The van der Waals surface area contributed by atoms with Gasteiger partial charge in [-0.3, -0.25) is 4.79 Å². The molecule has 1 amide bonds. The summed E-state index contributed by atoms with van der Waals surface area (Å²) in [6, 6.07) is 12.1. The molecule has 0 bridgehead atoms. The Balaban J connectivity index is 1.45. The maximum absolute atomic E-state index is 12.9. The second-order valence-corrected chi connectivity index (χ2v) is 8.09. The van der Waals surface area contributed by atoms with Crippen LogP contribution in [0.15, 0.2) is 53.2 Å². The number of carbonyl (C=O) groups excluding carboxylic acids is 1. The van der Waals surface area contributed by atoms with Crippen molar-refractivity contribution in [1.82, 2.24) is 4.90 Å². The summed E-state index contributed by atoms with van der Waals surface area (Å²) in [7, 11) is 0. The third kappa shape index (κ3) is 3.52. The lowest BCUT2D eigenvalue weighted by molar-refractivity contribution is -0.133. The van der Waals surface area contributed by atoms with Gasteiger partial charge in [-0.2, -0.15) is 0 Å². The summed E-state index contributed by atoms with van der Waals surface area (Å²) in [5, 5.41) is 4.16. The Bertz CT molecular complexity index is 874. The molecule has 3 nitrogen and oxygen atoms in total. The first-order valence-electron chi connectivity index (χ1n) is 8.50. The lowest BCUT2D eigenvalue weighted by Gasteiger charge is -2.35. The van der Waals surface area contributed by atoms with Crippen LogP contribution in [0.3, 0.4) is 0 Å². The van der Waals surface area contributed by atoms with Crippen molar-refractivity contribution in [3.05, 3.63) is 74.4 Å². The van der Waals surface area contributed by atoms with Crippen molar-refractivity contribution in [2.45, 2.75) is 18.9 Å². The average molecular weight is 388 g/mol. The van der Waals surface area contributed by atoms with Gasteiger partial charge in [0.25, 0.3) is 0 Å². The zero-order valence-electron chi connectivity index (χ0n) is 14.1. The molecule has 1 aromatic carbocycles. The SMILES string of the molecule is O=C(CCOc1ccc(F)cc1)N1CCc2sccc2C1c1cccs1. The number of amides is 1. The number of ether oxygens (including phenoxy) is 1. The van der Waals surface area contributed by atoms with E-state index in [1.54, 1.807) is 34.8 Å². The highest BCUT2D eigenvalue weighted by Gasteiger charge is 2.33. The number of rotatable bonds is 5. The van der Waals surface area contributed by atoms with Crippen molar-refractivity contribution in [1.29, 1.82) is 0 Å². The van der Waals surface area contributed by atoms with Crippen LogP contribution in [-0.4, -0.2) is 24.0 Å². The molecule has 0 saturated carbocycles. The topological polar surface area (TPSA) is 29.5 Å². The Morgan fingerprint density at radius 3 is 2.77 bits per heavy atom. The zero-order valence-corrected chi connectivity index (χ0v) is 15.7. The molecule has 6 heteroatoms. The fourth-order valence-corrected chi connectivity index (χ4v) is 5.03. The molecule has 1 aliphatic rings. The van der Waals surface area contributed by atoms with Crippen molar-refractivity contribution < 1.29 is 13.9 Å². The third-order valence-corrected chi connectivity index (χ3v) is 6.42. The lowest BCUT2D eigenvalue weighted by atomic mass is 9.98. The van der Waals surface area contributed by atoms with E-state index in [2.05, 4.69) is 22.9 Å². The van der Waals surface area contributed by atoms with Gasteiger partial charge in [0.15, 0.2) is 0 Å². The van der Waals surface area contributed by atoms with Crippen molar-refractivity contribution in [3.8, 4) is 5.75 Å². The van der Waals surface area contributed by atoms with Crippen LogP contribution < -0.4 is 4.74 Å². The van der Waals surface area contributed by atoms with Crippen LogP contribution in [0.5, 0.6) is 5.75 Å². The smallest absolute Gasteiger partial charge is 0.226 e. The number of fused-ring (bicyclic) bond motifs is 1. The molecule has 0 fully saturated rings. The lowest BCUT2D eigenvalue weighted by Crippen LogP contribution is -2.40. The molecule has 0 aliphatic carbocycles. The van der Waals surface area contributed by atoms with Crippen molar-refractivity contribution in [2.24, 2.45) is 0 Å². The Hall–Kier alpha value is -2.18. The van der Waals surface area contributed by atoms with Crippen LogP contribution in [0.25, 0.3) is 0 Å². The monoisotopic (exact) mass is 387 g/mol. The number of halogens is 1. The van der Waals surface area contributed by atoms with Crippen LogP contribution in [0.1, 0.15) is 27.8 Å². The molecule has 1 atom stereocenters. The summed E-state index contributed by atoms with van der Waals surface area (Å²) in [4.78, 5) is 17.4. The molecule has 4 rings (SSSR count). The predicted molar refractivity (Wildman–Crippen MR) is 102 cm³/mol. The highest BCUT2D eigenvalue weighted by atomic mass is 32.1. The fourth-order valence-electron chi connectivity index (χ4n) is 3.27. The third-order valence-electron chi connectivity index (χ3n) is 4.50. The van der Waals surface area contributed by atoms with Gasteiger partial charge in [-0.25, -0.2) is 4.39 Å². The molecule has 2 aromatic heterocycles. The minimum Gasteiger partial charge on any atom is -0.493 e. The Morgan fingerprint density at radius 1 is 1.15 bits per heavy atom. The largest absolute Gasteiger partial charge is 0.493 e. The number of hydrogen-bond acceptors (Lipinski definition) is 4. The normalized spacial score (nSPS) is 16.3. The number of benzene rings is 1. The molecule has 3 aromatic rings. The van der Waals surface area contributed by atoms with Gasteiger partial charge in [-0.1, -0.05) is 6.07 Å². The Morgan fingerprint density at radius 2 is 2.00 bits per heavy atom. The summed E-state index contributed by atoms with van der Waals surface area (Å²) in [5.41, 5.74) is 1.25. The second kappa shape index (κ2) is 7.60. The predicted octanol–water partition coefficient (Wildman–Crippen LogP) is 4.89. The quantitative estimate of drug-likeness (QED) is 0.624. The minimum absolute atomic E-state index is 0.00308. The van der Waals surface area contributed by atoms with Crippen LogP contribution in [0, 0.1) is 5.82 Å². The van der Waals surface area contributed by atoms with Gasteiger partial charge in [0.1, 0.15) is 11.6 Å². The van der Waals surface area contributed by atoms with Crippen LogP contribution in [0.4, 0.5) is 4.39 Å². The highest BCUT2D eigenvalue weighted by molar-refractivity contribution is 7.10. The van der Waals surface area contributed by atoms with Crippen molar-refractivity contribution in [3.63, 3.8) is 0 Å². The molecule has 0 N–H and O–H groups in total. The van der Waals surface area contributed by atoms with E-state index in [1.165, 1.54) is 27.5 Å². The average Bonchev–Trinajstić information content (AvgIpc) is 3.34. The maximum atomic E-state index is 12.9. The number of carbonyl (C=O) groups is 1. The van der Waals surface area contributed by atoms with E-state index >= 15 is 0 Å². The minimum atomic E-state index is -0.299. The van der Waals surface area contributed by atoms with Crippen molar-refractivity contribution >= 4 is 28.6 Å². The van der Waals surface area contributed by atoms with E-state index in [4.69, 9.17) is 4.74 Å². The molecule has 26 heavy (non-hydrogen) atoms. The molecule has 1 unspecified atom stereocenters. The molecule has 0 spiro atoms. The first kappa shape index (κ1) is 17.2. The van der Waals surface area contributed by atoms with Crippen LogP contribution in [0.2, 0.25) is 0 Å². The molecule has 3 heterocycles. The van der Waals surface area contributed by atoms with E-state index in [0.717, 1.165) is 13.0 Å². The van der Waals surface area contributed by atoms with Gasteiger partial charge in [0.2, 0.25) is 5.91 Å². The van der Waals surface area contributed by atoms with Gasteiger partial charge in [0, 0.05) is 16.3 Å². The standard InChI is InChI=1S/C20H18FNO2S2/c21-14-3-5-15(6-4-14)24-11-8-19(23)22-10-7-17-16(9-13-26-17)20(22)18-2-1-12-25-18/h1-6,9,12-13,20H,7-8,10-11H2. The van der Waals surface area contributed by atoms with E-state index in [9.17, 15) is 9.18 Å². The summed E-state index contributed by atoms with van der Waals surface area (Å²) in [5.74, 6) is 0.363. The van der Waals surface area contributed by atoms with E-state index < -0.39 is 0 Å². The zero-order chi connectivity index (χ0) is 17.9. The van der Waals surface area contributed by atoms with Crippen LogP contribution in [-0.2, 0) is 11.2 Å². The Labute approximate surface area is 159 Å². The maximum Gasteiger partial charge on any atom is 0.226 e. The highest BCUT2D eigenvalue weighted by Crippen LogP contribution is 2.39. The Kier molecular flexibility index (Phi) is 5.04. The number of hydrogen-bond donors (Lipinski definition) is 0. The number of thiophene rings is 2. The molecule has 0 radical (unpaired) electrons. The fraction of sp³-hybridized carbons (Fsp3) is 0.250. The second-order valence-electron chi connectivity index (χ2n) is 6.11. The summed E-state index contributed by atoms with van der Waals surface area (Å²) in [6.07, 6.45) is 1.21. The van der Waals surface area contributed by atoms with E-state index in [-0.39, 0.29) is 24.4 Å². The summed E-state index contributed by atoms with van der Waals surface area (Å²) >= 11 is 3.45. The number of nitrogens with zero attached hydrogens (tertiary/aromatic N) is 1. The molecule has 1 aliphatic heterocycles. The van der Waals surface area contributed by atoms with Gasteiger partial charge in [0.05, 0.1) is 19.1 Å². The van der Waals surface area contributed by atoms with Gasteiger partial charge >= 0.3 is 0 Å². The van der Waals surface area contributed by atoms with Gasteiger partial charge in [-0.15, -0.1) is 22.7 Å². The van der Waals surface area contributed by atoms with Gasteiger partial charge in [-0.05, 0) is 59.1 Å². The molecule has 134 valence electrons. The molecular formula is C20H18FNO2S2. The van der Waals surface area contributed by atoms with E-state index in [1.807, 2.05) is 11.0 Å². The summed E-state index contributed by atoms with van der Waals surface area (Å²) < 4.78 is 18.5. The first-order chi connectivity index (χ1) is 12.7. The van der Waals surface area contributed by atoms with Gasteiger partial charge < -0.3 is 9.64 Å². The first-order valence-corrected chi connectivity index (χ1v) is 10.3. The molecular weight excluding hydrogens is 369 g/mol. The van der Waals surface area contributed by atoms with Crippen LogP contribution >= 0.6 is 22.7 Å². The van der Waals surface area contributed by atoms with Crippen molar-refractivity contribution in [2.75, 3.05) is 13.2 Å². The molecule has 0 saturated heterocycles. The summed E-state index contributed by atoms with van der Waals surface area (Å²) in [6.45, 7) is 1.01. The van der Waals surface area contributed by atoms with E-state index in [0.29, 0.717) is 12.2 Å².